The molecule has 56 valence electrons. The molecule has 0 aliphatic rings. The molecule has 0 radical (unpaired) electrons. The molecular weight excluding hydrogens is 237 g/mol. The van der Waals surface area contributed by atoms with E-state index in [1.165, 1.54) is 0 Å². The summed E-state index contributed by atoms with van der Waals surface area (Å²) in [5, 5.41) is 0. The molecule has 4 heteroatoms. The van der Waals surface area contributed by atoms with Crippen molar-refractivity contribution in [3.63, 3.8) is 0 Å². The molecule has 0 amide bonds. The number of aromatic nitrogens is 1. The van der Waals surface area contributed by atoms with Crippen LogP contribution >= 0.6 is 39.9 Å². The van der Waals surface area contributed by atoms with Gasteiger partial charge in [0.15, 0.2) is 0 Å². The first-order chi connectivity index (χ1) is 4.34. The van der Waals surface area contributed by atoms with Gasteiger partial charge >= 0.3 is 0 Å². The monoisotopic (exact) mass is 241 g/mol. The molecule has 0 atom stereocenters. The zero-order chi connectivity index (χ0) is 6.69. The number of pyridine rings is 1. The molecule has 0 unspecified atom stereocenters. The summed E-state index contributed by atoms with van der Waals surface area (Å²) in [4.78, 5) is 3.98. The number of alkyl halides is 1. The molecule has 0 N–H and O–H groups in total. The van der Waals surface area contributed by atoms with Gasteiger partial charge in [0.05, 0.1) is 5.88 Å². The molecule has 0 aliphatic heterocycles. The zero-order valence-electron chi connectivity index (χ0n) is 5.05. The van der Waals surface area contributed by atoms with Crippen LogP contribution in [0.1, 0.15) is 5.56 Å². The fraction of sp³-hybridized carbons (Fsp3) is 0.167. The number of hydrogen-bond acceptors (Lipinski definition) is 1. The van der Waals surface area contributed by atoms with Crippen LogP contribution in [-0.2, 0) is 5.88 Å². The Labute approximate surface area is 79.3 Å². The highest BCUT2D eigenvalue weighted by Gasteiger charge is 1.94. The summed E-state index contributed by atoms with van der Waals surface area (Å²) in [5.74, 6) is 0.508. The third-order valence-electron chi connectivity index (χ3n) is 0.980. The van der Waals surface area contributed by atoms with Crippen molar-refractivity contribution in [1.29, 1.82) is 0 Å². The molecule has 1 rings (SSSR count). The Balaban J connectivity index is 0.000000810. The van der Waals surface area contributed by atoms with E-state index in [1.54, 1.807) is 6.20 Å². The molecule has 0 spiro atoms. The van der Waals surface area contributed by atoms with Crippen molar-refractivity contribution >= 4 is 39.9 Å². The van der Waals surface area contributed by atoms with Crippen molar-refractivity contribution < 1.29 is 0 Å². The Hall–Kier alpha value is 0.210. The molecule has 1 nitrogen and oxygen atoms in total. The first-order valence-electron chi connectivity index (χ1n) is 2.50. The molecule has 1 heterocycles. The smallest absolute Gasteiger partial charge is 0.110 e. The minimum absolute atomic E-state index is 0. The van der Waals surface area contributed by atoms with Gasteiger partial charge in [-0.15, -0.1) is 24.0 Å². The average molecular weight is 243 g/mol. The molecule has 1 aromatic heterocycles. The quantitative estimate of drug-likeness (QED) is 0.545. The second-order valence-electron chi connectivity index (χ2n) is 1.59. The molecule has 0 fully saturated rings. The normalized spacial score (nSPS) is 8.60. The zero-order valence-corrected chi connectivity index (χ0v) is 8.21. The third-order valence-corrected chi connectivity index (χ3v) is 1.98. The van der Waals surface area contributed by atoms with Gasteiger partial charge in [0.25, 0.3) is 0 Å². The van der Waals surface area contributed by atoms with Crippen molar-refractivity contribution in [2.24, 2.45) is 0 Å². The lowest BCUT2D eigenvalue weighted by molar-refractivity contribution is 1.20. The van der Waals surface area contributed by atoms with Crippen LogP contribution in [0.25, 0.3) is 0 Å². The molecule has 0 saturated heterocycles. The highest BCUT2D eigenvalue weighted by atomic mass is 79.9. The lowest BCUT2D eigenvalue weighted by Gasteiger charge is -1.94. The van der Waals surface area contributed by atoms with Crippen molar-refractivity contribution in [3.8, 4) is 0 Å². The van der Waals surface area contributed by atoms with Gasteiger partial charge < -0.3 is 0 Å². The standard InChI is InChI=1S/C6H5BrClN.ClH/c7-6-5(4-8)2-1-3-9-6;/h1-3H,4H2;1H. The summed E-state index contributed by atoms with van der Waals surface area (Å²) in [6.45, 7) is 0. The van der Waals surface area contributed by atoms with Crippen molar-refractivity contribution in [1.82, 2.24) is 4.98 Å². The molecule has 0 aliphatic carbocycles. The van der Waals surface area contributed by atoms with E-state index in [0.29, 0.717) is 5.88 Å². The lowest BCUT2D eigenvalue weighted by Crippen LogP contribution is -1.81. The van der Waals surface area contributed by atoms with E-state index in [4.69, 9.17) is 11.6 Å². The maximum absolute atomic E-state index is 5.56. The molecule has 0 aromatic carbocycles. The summed E-state index contributed by atoms with van der Waals surface area (Å²) in [6.07, 6.45) is 1.72. The Kier molecular flexibility index (Phi) is 5.04. The molecular formula is C6H6BrCl2N. The van der Waals surface area contributed by atoms with Crippen LogP contribution in [0.3, 0.4) is 0 Å². The molecule has 0 bridgehead atoms. The first-order valence-corrected chi connectivity index (χ1v) is 3.82. The van der Waals surface area contributed by atoms with Crippen LogP contribution in [0.4, 0.5) is 0 Å². The number of hydrogen-bond donors (Lipinski definition) is 0. The van der Waals surface area contributed by atoms with Crippen LogP contribution in [0.2, 0.25) is 0 Å². The summed E-state index contributed by atoms with van der Waals surface area (Å²) < 4.78 is 0.833. The van der Waals surface area contributed by atoms with Crippen molar-refractivity contribution in [2.45, 2.75) is 5.88 Å². The fourth-order valence-corrected chi connectivity index (χ4v) is 1.29. The first kappa shape index (κ1) is 10.2. The van der Waals surface area contributed by atoms with E-state index in [9.17, 15) is 0 Å². The minimum Gasteiger partial charge on any atom is -0.249 e. The summed E-state index contributed by atoms with van der Waals surface area (Å²) in [6, 6.07) is 3.80. The highest BCUT2D eigenvalue weighted by molar-refractivity contribution is 9.10. The van der Waals surface area contributed by atoms with E-state index in [1.807, 2.05) is 12.1 Å². The Morgan fingerprint density at radius 1 is 1.60 bits per heavy atom. The Bertz CT molecular complexity index is 205. The molecule has 0 saturated carbocycles. The number of halogens is 3. The lowest BCUT2D eigenvalue weighted by atomic mass is 10.3. The maximum Gasteiger partial charge on any atom is 0.110 e. The van der Waals surface area contributed by atoms with E-state index in [0.717, 1.165) is 10.2 Å². The second-order valence-corrected chi connectivity index (χ2v) is 2.61. The largest absolute Gasteiger partial charge is 0.249 e. The van der Waals surface area contributed by atoms with E-state index >= 15 is 0 Å². The van der Waals surface area contributed by atoms with Gasteiger partial charge in [-0.05, 0) is 27.6 Å². The van der Waals surface area contributed by atoms with Gasteiger partial charge in [-0.3, -0.25) is 0 Å². The van der Waals surface area contributed by atoms with Gasteiger partial charge in [-0.2, -0.15) is 0 Å². The number of nitrogens with zero attached hydrogens (tertiary/aromatic N) is 1. The van der Waals surface area contributed by atoms with Gasteiger partial charge in [0.2, 0.25) is 0 Å². The van der Waals surface area contributed by atoms with Gasteiger partial charge in [-0.1, -0.05) is 6.07 Å². The van der Waals surface area contributed by atoms with Crippen LogP contribution in [0, 0.1) is 0 Å². The number of rotatable bonds is 1. The van der Waals surface area contributed by atoms with E-state index in [2.05, 4.69) is 20.9 Å². The summed E-state index contributed by atoms with van der Waals surface area (Å²) in [5.41, 5.74) is 1.03. The predicted molar refractivity (Wildman–Crippen MR) is 48.7 cm³/mol. The van der Waals surface area contributed by atoms with Gasteiger partial charge in [-0.25, -0.2) is 4.98 Å². The molecule has 10 heavy (non-hydrogen) atoms. The maximum atomic E-state index is 5.56. The second kappa shape index (κ2) is 4.94. The Morgan fingerprint density at radius 2 is 2.30 bits per heavy atom. The van der Waals surface area contributed by atoms with Crippen molar-refractivity contribution in [2.75, 3.05) is 0 Å². The van der Waals surface area contributed by atoms with Crippen LogP contribution in [0.5, 0.6) is 0 Å². The summed E-state index contributed by atoms with van der Waals surface area (Å²) in [7, 11) is 0. The van der Waals surface area contributed by atoms with E-state index < -0.39 is 0 Å². The van der Waals surface area contributed by atoms with E-state index in [-0.39, 0.29) is 12.4 Å². The average Bonchev–Trinajstić information content (AvgIpc) is 1.89. The van der Waals surface area contributed by atoms with Gasteiger partial charge in [0.1, 0.15) is 4.60 Å². The fourth-order valence-electron chi connectivity index (χ4n) is 0.519. The Morgan fingerprint density at radius 3 is 2.70 bits per heavy atom. The third kappa shape index (κ3) is 2.45. The van der Waals surface area contributed by atoms with Gasteiger partial charge in [0, 0.05) is 6.20 Å². The summed E-state index contributed by atoms with van der Waals surface area (Å²) >= 11 is 8.82. The SMILES string of the molecule is Cl.ClCc1cccnc1Br. The minimum atomic E-state index is 0. The van der Waals surface area contributed by atoms with Crippen LogP contribution in [0.15, 0.2) is 22.9 Å². The van der Waals surface area contributed by atoms with Crippen LogP contribution < -0.4 is 0 Å². The predicted octanol–water partition coefficient (Wildman–Crippen LogP) is 3.00. The van der Waals surface area contributed by atoms with Crippen molar-refractivity contribution in [3.05, 3.63) is 28.5 Å². The molecule has 1 aromatic rings. The van der Waals surface area contributed by atoms with Crippen LogP contribution in [-0.4, -0.2) is 4.98 Å². The highest BCUT2D eigenvalue weighted by Crippen LogP contribution is 2.13. The topological polar surface area (TPSA) is 12.9 Å².